The SMILES string of the molecule is CC(C)(C)[Si](C)(C)O[C@H]1CC2(CC2)Cc2nc(C3CCCC3)c([C@@H](F)c3ccc(C(F)(F)F)cc3)c(C3CCCC3)c21. The van der Waals surface area contributed by atoms with Crippen LogP contribution < -0.4 is 0 Å². The molecule has 7 heteroatoms. The lowest BCUT2D eigenvalue weighted by molar-refractivity contribution is -0.137. The number of pyridine rings is 1. The molecule has 4 aliphatic carbocycles. The normalized spacial score (nSPS) is 23.9. The topological polar surface area (TPSA) is 22.1 Å². The van der Waals surface area contributed by atoms with Gasteiger partial charge in [-0.25, -0.2) is 4.39 Å². The van der Waals surface area contributed by atoms with Crippen molar-refractivity contribution in [3.05, 3.63) is 63.5 Å². The minimum absolute atomic E-state index is 0.0394. The minimum Gasteiger partial charge on any atom is -0.410 e. The van der Waals surface area contributed by atoms with Crippen molar-refractivity contribution in [3.63, 3.8) is 0 Å². The van der Waals surface area contributed by atoms with Crippen LogP contribution in [0.3, 0.4) is 0 Å². The number of benzene rings is 1. The highest BCUT2D eigenvalue weighted by molar-refractivity contribution is 6.74. The summed E-state index contributed by atoms with van der Waals surface area (Å²) >= 11 is 0. The summed E-state index contributed by atoms with van der Waals surface area (Å²) in [6.45, 7) is 11.4. The van der Waals surface area contributed by atoms with Crippen molar-refractivity contribution in [1.82, 2.24) is 4.98 Å². The molecule has 6 rings (SSSR count). The molecule has 3 saturated carbocycles. The molecule has 42 heavy (non-hydrogen) atoms. The molecule has 0 unspecified atom stereocenters. The number of rotatable bonds is 6. The molecule has 0 aliphatic heterocycles. The van der Waals surface area contributed by atoms with Crippen molar-refractivity contribution in [3.8, 4) is 0 Å². The highest BCUT2D eigenvalue weighted by Gasteiger charge is 2.53. The number of alkyl halides is 4. The molecular formula is C35H47F4NOSi. The Hall–Kier alpha value is -1.73. The van der Waals surface area contributed by atoms with Gasteiger partial charge in [-0.15, -0.1) is 0 Å². The third-order valence-electron chi connectivity index (χ3n) is 11.4. The summed E-state index contributed by atoms with van der Waals surface area (Å²) in [6, 6.07) is 4.73. The summed E-state index contributed by atoms with van der Waals surface area (Å²) in [5.41, 5.74) is 4.76. The molecule has 0 radical (unpaired) electrons. The molecule has 230 valence electrons. The van der Waals surface area contributed by atoms with Gasteiger partial charge in [-0.2, -0.15) is 13.2 Å². The summed E-state index contributed by atoms with van der Waals surface area (Å²) in [5.74, 6) is 0.443. The molecule has 0 N–H and O–H groups in total. The van der Waals surface area contributed by atoms with Gasteiger partial charge in [-0.1, -0.05) is 58.6 Å². The predicted molar refractivity (Wildman–Crippen MR) is 162 cm³/mol. The smallest absolute Gasteiger partial charge is 0.410 e. The molecule has 4 aliphatic rings. The van der Waals surface area contributed by atoms with Crippen molar-refractivity contribution >= 4 is 8.32 Å². The maximum absolute atomic E-state index is 17.2. The Kier molecular flexibility index (Phi) is 7.73. The lowest BCUT2D eigenvalue weighted by Gasteiger charge is -2.44. The monoisotopic (exact) mass is 601 g/mol. The number of hydrogen-bond acceptors (Lipinski definition) is 2. The van der Waals surface area contributed by atoms with E-state index in [4.69, 9.17) is 9.41 Å². The van der Waals surface area contributed by atoms with E-state index in [-0.39, 0.29) is 28.4 Å². The highest BCUT2D eigenvalue weighted by atomic mass is 28.4. The molecule has 1 spiro atoms. The first kappa shape index (κ1) is 30.3. The number of aromatic nitrogens is 1. The van der Waals surface area contributed by atoms with Gasteiger partial charge in [-0.05, 0) is 104 Å². The second kappa shape index (κ2) is 10.7. The van der Waals surface area contributed by atoms with E-state index in [9.17, 15) is 13.2 Å². The molecule has 0 amide bonds. The van der Waals surface area contributed by atoms with Crippen molar-refractivity contribution in [1.29, 1.82) is 0 Å². The molecule has 0 saturated heterocycles. The van der Waals surface area contributed by atoms with Gasteiger partial charge in [-0.3, -0.25) is 4.98 Å². The molecule has 1 heterocycles. The van der Waals surface area contributed by atoms with Crippen LogP contribution in [0.2, 0.25) is 18.1 Å². The Morgan fingerprint density at radius 1 is 0.881 bits per heavy atom. The van der Waals surface area contributed by atoms with Crippen LogP contribution in [0.4, 0.5) is 17.6 Å². The quantitative estimate of drug-likeness (QED) is 0.243. The van der Waals surface area contributed by atoms with Gasteiger partial charge in [0.1, 0.15) is 0 Å². The van der Waals surface area contributed by atoms with Gasteiger partial charge in [0.25, 0.3) is 0 Å². The van der Waals surface area contributed by atoms with Crippen LogP contribution in [0.15, 0.2) is 24.3 Å². The average molecular weight is 602 g/mol. The first-order valence-corrected chi connectivity index (χ1v) is 19.2. The number of nitrogens with zero attached hydrogens (tertiary/aromatic N) is 1. The molecule has 2 nitrogen and oxygen atoms in total. The zero-order valence-electron chi connectivity index (χ0n) is 26.0. The van der Waals surface area contributed by atoms with E-state index in [1.807, 2.05) is 0 Å². The molecule has 0 bridgehead atoms. The summed E-state index contributed by atoms with van der Waals surface area (Å²) in [4.78, 5) is 5.42. The molecule has 1 aromatic carbocycles. The second-order valence-corrected chi connectivity index (χ2v) is 20.1. The number of hydrogen-bond donors (Lipinski definition) is 0. The fraction of sp³-hybridized carbons (Fsp3) is 0.686. The van der Waals surface area contributed by atoms with Crippen LogP contribution >= 0.6 is 0 Å². The summed E-state index contributed by atoms with van der Waals surface area (Å²) in [5, 5.41) is 0.0394. The van der Waals surface area contributed by atoms with Crippen molar-refractivity contribution in [2.75, 3.05) is 0 Å². The summed E-state index contributed by atoms with van der Waals surface area (Å²) < 4.78 is 64.6. The third kappa shape index (κ3) is 5.62. The number of halogens is 4. The van der Waals surface area contributed by atoms with Gasteiger partial charge >= 0.3 is 6.18 Å². The van der Waals surface area contributed by atoms with E-state index in [2.05, 4.69) is 33.9 Å². The first-order chi connectivity index (χ1) is 19.7. The molecule has 3 fully saturated rings. The molecule has 2 atom stereocenters. The van der Waals surface area contributed by atoms with E-state index < -0.39 is 26.2 Å². The molecular weight excluding hydrogens is 554 g/mol. The van der Waals surface area contributed by atoms with Crippen molar-refractivity contribution in [2.24, 2.45) is 5.41 Å². The fourth-order valence-electron chi connectivity index (χ4n) is 7.75. The van der Waals surface area contributed by atoms with E-state index in [1.54, 1.807) is 0 Å². The molecule has 2 aromatic rings. The van der Waals surface area contributed by atoms with E-state index >= 15 is 4.39 Å². The summed E-state index contributed by atoms with van der Waals surface area (Å²) in [6.07, 6.45) is 6.73. The zero-order chi connectivity index (χ0) is 30.1. The Morgan fingerprint density at radius 2 is 1.45 bits per heavy atom. The van der Waals surface area contributed by atoms with E-state index in [0.29, 0.717) is 11.1 Å². The van der Waals surface area contributed by atoms with Crippen LogP contribution in [0.1, 0.15) is 155 Å². The van der Waals surface area contributed by atoms with Crippen LogP contribution in [-0.2, 0) is 17.0 Å². The standard InChI is InChI=1S/C35H47F4NOSi/c1-33(2,3)42(4,5)41-27-21-34(18-19-34)20-26-29(27)28(22-10-6-7-11-22)30(32(40-26)24-12-8-9-13-24)31(36)23-14-16-25(17-15-23)35(37,38)39/h14-17,22,24,27,31H,6-13,18-21H2,1-5H3/t27-,31-/m0/s1. The number of fused-ring (bicyclic) bond motifs is 1. The van der Waals surface area contributed by atoms with Gasteiger partial charge in [0.15, 0.2) is 14.5 Å². The Morgan fingerprint density at radius 3 is 1.98 bits per heavy atom. The lowest BCUT2D eigenvalue weighted by Crippen LogP contribution is -2.43. The van der Waals surface area contributed by atoms with Crippen molar-refractivity contribution in [2.45, 2.75) is 146 Å². The van der Waals surface area contributed by atoms with Gasteiger partial charge in [0, 0.05) is 22.7 Å². The van der Waals surface area contributed by atoms with Crippen molar-refractivity contribution < 1.29 is 22.0 Å². The largest absolute Gasteiger partial charge is 0.416 e. The minimum atomic E-state index is -4.45. The first-order valence-electron chi connectivity index (χ1n) is 16.2. The average Bonchev–Trinajstić information content (AvgIpc) is 3.32. The van der Waals surface area contributed by atoms with Crippen LogP contribution in [0.25, 0.3) is 0 Å². The van der Waals surface area contributed by atoms with E-state index in [0.717, 1.165) is 98.9 Å². The highest BCUT2D eigenvalue weighted by Crippen LogP contribution is 2.61. The van der Waals surface area contributed by atoms with Gasteiger partial charge < -0.3 is 4.43 Å². The Labute approximate surface area is 250 Å². The third-order valence-corrected chi connectivity index (χ3v) is 15.9. The van der Waals surface area contributed by atoms with Crippen LogP contribution in [-0.4, -0.2) is 13.3 Å². The fourth-order valence-corrected chi connectivity index (χ4v) is 9.02. The van der Waals surface area contributed by atoms with Gasteiger partial charge in [0.2, 0.25) is 0 Å². The lowest BCUT2D eigenvalue weighted by atomic mass is 9.74. The Balaban J connectivity index is 1.55. The van der Waals surface area contributed by atoms with E-state index in [1.165, 1.54) is 25.0 Å². The van der Waals surface area contributed by atoms with Crippen LogP contribution in [0, 0.1) is 5.41 Å². The summed E-state index contributed by atoms with van der Waals surface area (Å²) in [7, 11) is -2.16. The maximum atomic E-state index is 17.2. The Bertz CT molecular complexity index is 1300. The second-order valence-electron chi connectivity index (χ2n) is 15.4. The molecule has 1 aromatic heterocycles. The maximum Gasteiger partial charge on any atom is 0.416 e. The van der Waals surface area contributed by atoms with Gasteiger partial charge in [0.05, 0.1) is 17.4 Å². The zero-order valence-corrected chi connectivity index (χ0v) is 27.0. The predicted octanol–water partition coefficient (Wildman–Crippen LogP) is 11.3. The van der Waals surface area contributed by atoms with Crippen LogP contribution in [0.5, 0.6) is 0 Å².